The Morgan fingerprint density at radius 1 is 0.781 bits per heavy atom. The van der Waals surface area contributed by atoms with Crippen molar-refractivity contribution in [3.63, 3.8) is 0 Å². The van der Waals surface area contributed by atoms with Crippen LogP contribution in [0.25, 0.3) is 11.1 Å². The van der Waals surface area contributed by atoms with Gasteiger partial charge in [0.1, 0.15) is 5.69 Å². The van der Waals surface area contributed by atoms with Gasteiger partial charge in [0, 0.05) is 18.3 Å². The topological polar surface area (TPSA) is 51.7 Å². The van der Waals surface area contributed by atoms with Crippen LogP contribution in [0.3, 0.4) is 0 Å². The molecular formula is C27H22N2O3. The molecule has 5 nitrogen and oxygen atoms in total. The van der Waals surface area contributed by atoms with Crippen LogP contribution in [0.4, 0.5) is 0 Å². The van der Waals surface area contributed by atoms with Crippen LogP contribution >= 0.6 is 0 Å². The predicted molar refractivity (Wildman–Crippen MR) is 122 cm³/mol. The van der Waals surface area contributed by atoms with E-state index in [1.807, 2.05) is 42.5 Å². The van der Waals surface area contributed by atoms with Crippen LogP contribution in [0.1, 0.15) is 21.6 Å². The maximum absolute atomic E-state index is 13.3. The summed E-state index contributed by atoms with van der Waals surface area (Å²) < 4.78 is 11.2. The average Bonchev–Trinajstić information content (AvgIpc) is 3.35. The third kappa shape index (κ3) is 4.18. The van der Waals surface area contributed by atoms with Crippen LogP contribution in [0.15, 0.2) is 97.2 Å². The first-order valence-electron chi connectivity index (χ1n) is 10.5. The van der Waals surface area contributed by atoms with Gasteiger partial charge in [0.15, 0.2) is 11.5 Å². The first kappa shape index (κ1) is 19.8. The molecule has 5 rings (SSSR count). The SMILES string of the molecule is O=C(c1ccccn1)N(Cc1ccc(-c2ccccc2)cc1)Cc1cccc2c1OCO2. The highest BCUT2D eigenvalue weighted by atomic mass is 16.7. The van der Waals surface area contributed by atoms with Crippen LogP contribution < -0.4 is 9.47 Å². The molecule has 0 N–H and O–H groups in total. The molecule has 0 saturated heterocycles. The van der Waals surface area contributed by atoms with Gasteiger partial charge >= 0.3 is 0 Å². The number of fused-ring (bicyclic) bond motifs is 1. The Labute approximate surface area is 186 Å². The monoisotopic (exact) mass is 422 g/mol. The number of benzene rings is 3. The van der Waals surface area contributed by atoms with Crippen LogP contribution in [-0.4, -0.2) is 22.6 Å². The van der Waals surface area contributed by atoms with Gasteiger partial charge in [-0.05, 0) is 34.9 Å². The van der Waals surface area contributed by atoms with Gasteiger partial charge in [-0.1, -0.05) is 72.8 Å². The summed E-state index contributed by atoms with van der Waals surface area (Å²) in [6.45, 7) is 1.04. The molecule has 2 heterocycles. The van der Waals surface area contributed by atoms with E-state index in [0.29, 0.717) is 30.3 Å². The molecule has 0 bridgehead atoms. The maximum atomic E-state index is 13.3. The van der Waals surface area contributed by atoms with E-state index in [1.54, 1.807) is 23.2 Å². The number of para-hydroxylation sites is 1. The van der Waals surface area contributed by atoms with Crippen molar-refractivity contribution in [1.29, 1.82) is 0 Å². The van der Waals surface area contributed by atoms with Crippen molar-refractivity contribution in [2.45, 2.75) is 13.1 Å². The van der Waals surface area contributed by atoms with E-state index in [4.69, 9.17) is 9.47 Å². The predicted octanol–water partition coefficient (Wildman–Crippen LogP) is 5.32. The maximum Gasteiger partial charge on any atom is 0.273 e. The summed E-state index contributed by atoms with van der Waals surface area (Å²) in [6.07, 6.45) is 1.64. The molecule has 0 spiro atoms. The summed E-state index contributed by atoms with van der Waals surface area (Å²) in [7, 11) is 0. The smallest absolute Gasteiger partial charge is 0.273 e. The standard InChI is InChI=1S/C27H22N2O3/c30-27(24-10-4-5-16-28-24)29(18-23-9-6-11-25-26(23)32-19-31-25)17-20-12-14-22(15-13-20)21-7-2-1-3-8-21/h1-16H,17-19H2. The largest absolute Gasteiger partial charge is 0.454 e. The second kappa shape index (κ2) is 8.94. The Hall–Kier alpha value is -4.12. The van der Waals surface area contributed by atoms with Gasteiger partial charge in [0.2, 0.25) is 6.79 Å². The molecular weight excluding hydrogens is 400 g/mol. The van der Waals surface area contributed by atoms with Crippen molar-refractivity contribution in [1.82, 2.24) is 9.88 Å². The van der Waals surface area contributed by atoms with Crippen molar-refractivity contribution in [2.75, 3.05) is 6.79 Å². The highest BCUT2D eigenvalue weighted by Gasteiger charge is 2.23. The normalized spacial score (nSPS) is 11.9. The molecule has 32 heavy (non-hydrogen) atoms. The Morgan fingerprint density at radius 3 is 2.34 bits per heavy atom. The zero-order valence-corrected chi connectivity index (χ0v) is 17.5. The number of rotatable bonds is 6. The van der Waals surface area contributed by atoms with Crippen LogP contribution in [0, 0.1) is 0 Å². The quantitative estimate of drug-likeness (QED) is 0.422. The fourth-order valence-electron chi connectivity index (χ4n) is 3.83. The summed E-state index contributed by atoms with van der Waals surface area (Å²) in [4.78, 5) is 19.4. The van der Waals surface area contributed by atoms with E-state index in [-0.39, 0.29) is 12.7 Å². The van der Waals surface area contributed by atoms with E-state index in [9.17, 15) is 4.79 Å². The second-order valence-electron chi connectivity index (χ2n) is 7.59. The van der Waals surface area contributed by atoms with E-state index < -0.39 is 0 Å². The van der Waals surface area contributed by atoms with Crippen LogP contribution in [0.2, 0.25) is 0 Å². The Balaban J connectivity index is 1.42. The van der Waals surface area contributed by atoms with Gasteiger partial charge in [0.05, 0.1) is 6.54 Å². The minimum absolute atomic E-state index is 0.130. The number of hydrogen-bond acceptors (Lipinski definition) is 4. The Morgan fingerprint density at radius 2 is 1.56 bits per heavy atom. The lowest BCUT2D eigenvalue weighted by Gasteiger charge is -2.23. The summed E-state index contributed by atoms with van der Waals surface area (Å²) >= 11 is 0. The number of ether oxygens (including phenoxy) is 2. The highest BCUT2D eigenvalue weighted by molar-refractivity contribution is 5.92. The number of hydrogen-bond donors (Lipinski definition) is 0. The lowest BCUT2D eigenvalue weighted by atomic mass is 10.0. The molecule has 5 heteroatoms. The number of pyridine rings is 1. The first-order valence-corrected chi connectivity index (χ1v) is 10.5. The van der Waals surface area contributed by atoms with Crippen LogP contribution in [-0.2, 0) is 13.1 Å². The zero-order chi connectivity index (χ0) is 21.8. The molecule has 1 aliphatic heterocycles. The molecule has 1 aliphatic rings. The summed E-state index contributed by atoms with van der Waals surface area (Å²) in [5.74, 6) is 1.28. The van der Waals surface area contributed by atoms with E-state index in [1.165, 1.54) is 0 Å². The molecule has 0 aliphatic carbocycles. The zero-order valence-electron chi connectivity index (χ0n) is 17.5. The first-order chi connectivity index (χ1) is 15.8. The van der Waals surface area contributed by atoms with Gasteiger partial charge in [-0.15, -0.1) is 0 Å². The minimum Gasteiger partial charge on any atom is -0.454 e. The second-order valence-corrected chi connectivity index (χ2v) is 7.59. The molecule has 4 aromatic rings. The van der Waals surface area contributed by atoms with E-state index in [0.717, 1.165) is 22.3 Å². The van der Waals surface area contributed by atoms with E-state index in [2.05, 4.69) is 41.4 Å². The summed E-state index contributed by atoms with van der Waals surface area (Å²) in [5.41, 5.74) is 4.67. The molecule has 0 fully saturated rings. The Bertz CT molecular complexity index is 1210. The molecule has 1 aromatic heterocycles. The fraction of sp³-hybridized carbons (Fsp3) is 0.111. The third-order valence-corrected chi connectivity index (χ3v) is 5.45. The molecule has 0 unspecified atom stereocenters. The highest BCUT2D eigenvalue weighted by Crippen LogP contribution is 2.36. The molecule has 1 amide bonds. The van der Waals surface area contributed by atoms with Crippen molar-refractivity contribution in [3.05, 3.63) is 114 Å². The van der Waals surface area contributed by atoms with Gasteiger partial charge < -0.3 is 14.4 Å². The van der Waals surface area contributed by atoms with E-state index >= 15 is 0 Å². The summed E-state index contributed by atoms with van der Waals surface area (Å²) in [5, 5.41) is 0. The van der Waals surface area contributed by atoms with Gasteiger partial charge in [-0.2, -0.15) is 0 Å². The van der Waals surface area contributed by atoms with Gasteiger partial charge in [-0.3, -0.25) is 9.78 Å². The number of nitrogens with zero attached hydrogens (tertiary/aromatic N) is 2. The average molecular weight is 422 g/mol. The molecule has 0 atom stereocenters. The van der Waals surface area contributed by atoms with Crippen molar-refractivity contribution in [3.8, 4) is 22.6 Å². The molecule has 3 aromatic carbocycles. The third-order valence-electron chi connectivity index (χ3n) is 5.45. The molecule has 0 saturated carbocycles. The van der Waals surface area contributed by atoms with Gasteiger partial charge in [0.25, 0.3) is 5.91 Å². The van der Waals surface area contributed by atoms with Crippen molar-refractivity contribution >= 4 is 5.91 Å². The number of amides is 1. The summed E-state index contributed by atoms with van der Waals surface area (Å²) in [6, 6.07) is 29.7. The molecule has 0 radical (unpaired) electrons. The lowest BCUT2D eigenvalue weighted by molar-refractivity contribution is 0.0722. The number of carbonyl (C=O) groups is 1. The number of aromatic nitrogens is 1. The lowest BCUT2D eigenvalue weighted by Crippen LogP contribution is -2.30. The Kier molecular flexibility index (Phi) is 5.54. The van der Waals surface area contributed by atoms with Gasteiger partial charge in [-0.25, -0.2) is 0 Å². The van der Waals surface area contributed by atoms with Crippen LogP contribution in [0.5, 0.6) is 11.5 Å². The van der Waals surface area contributed by atoms with Crippen molar-refractivity contribution in [2.24, 2.45) is 0 Å². The minimum atomic E-state index is -0.130. The molecule has 158 valence electrons. The van der Waals surface area contributed by atoms with Crippen molar-refractivity contribution < 1.29 is 14.3 Å². The number of carbonyl (C=O) groups excluding carboxylic acids is 1. The fourth-order valence-corrected chi connectivity index (χ4v) is 3.83.